The van der Waals surface area contributed by atoms with Gasteiger partial charge in [0.15, 0.2) is 0 Å². The molecule has 4 rings (SSSR count). The summed E-state index contributed by atoms with van der Waals surface area (Å²) in [6.07, 6.45) is 5.78. The lowest BCUT2D eigenvalue weighted by Gasteiger charge is -2.41. The first-order chi connectivity index (χ1) is 12.2. The van der Waals surface area contributed by atoms with Crippen LogP contribution < -0.4 is 0 Å². The Morgan fingerprint density at radius 2 is 1.68 bits per heavy atom. The zero-order valence-electron chi connectivity index (χ0n) is 15.1. The van der Waals surface area contributed by atoms with Crippen LogP contribution in [0.5, 0.6) is 0 Å². The lowest BCUT2D eigenvalue weighted by molar-refractivity contribution is -0.0148. The minimum Gasteiger partial charge on any atom is -0.378 e. The number of fused-ring (bicyclic) bond motifs is 2. The van der Waals surface area contributed by atoms with E-state index in [1.807, 2.05) is 18.3 Å². The zero-order valence-corrected chi connectivity index (χ0v) is 15.1. The highest BCUT2D eigenvalue weighted by molar-refractivity contribution is 5.45. The average Bonchev–Trinajstić information content (AvgIpc) is 2.80. The topological polar surface area (TPSA) is 36.4 Å². The number of aliphatic hydroxyl groups is 1. The molecular weight excluding hydrogens is 315 g/mol. The van der Waals surface area contributed by atoms with Gasteiger partial charge in [-0.25, -0.2) is 0 Å². The zero-order chi connectivity index (χ0) is 17.9. The van der Waals surface area contributed by atoms with Crippen LogP contribution in [0.4, 0.5) is 4.39 Å². The molecule has 1 saturated heterocycles. The van der Waals surface area contributed by atoms with Gasteiger partial charge < -0.3 is 10.0 Å². The maximum absolute atomic E-state index is 12.0. The molecule has 1 fully saturated rings. The predicted octanol–water partition coefficient (Wildman–Crippen LogP) is 3.34. The van der Waals surface area contributed by atoms with E-state index in [0.717, 1.165) is 50.0 Å². The lowest BCUT2D eigenvalue weighted by Crippen LogP contribution is -2.44. The molecule has 2 heterocycles. The van der Waals surface area contributed by atoms with Crippen molar-refractivity contribution in [2.24, 2.45) is 5.92 Å². The summed E-state index contributed by atoms with van der Waals surface area (Å²) < 4.78 is 9.50. The fourth-order valence-electron chi connectivity index (χ4n) is 4.33. The molecule has 2 aliphatic rings. The summed E-state index contributed by atoms with van der Waals surface area (Å²) in [6.45, 7) is 2.08. The first-order valence-electron chi connectivity index (χ1n) is 9.01. The Balaban J connectivity index is 0.000000880. The van der Waals surface area contributed by atoms with Gasteiger partial charge >= 0.3 is 0 Å². The fourth-order valence-corrected chi connectivity index (χ4v) is 4.33. The van der Waals surface area contributed by atoms with Crippen molar-refractivity contribution in [3.8, 4) is 0 Å². The minimum absolute atomic E-state index is 0.228. The van der Waals surface area contributed by atoms with E-state index >= 15 is 0 Å². The van der Waals surface area contributed by atoms with Gasteiger partial charge in [0.05, 0.1) is 12.9 Å². The van der Waals surface area contributed by atoms with Gasteiger partial charge in [0.25, 0.3) is 0 Å². The van der Waals surface area contributed by atoms with Gasteiger partial charge in [-0.2, -0.15) is 0 Å². The van der Waals surface area contributed by atoms with Crippen LogP contribution in [0.1, 0.15) is 35.2 Å². The van der Waals surface area contributed by atoms with Crippen molar-refractivity contribution in [1.82, 2.24) is 9.88 Å². The summed E-state index contributed by atoms with van der Waals surface area (Å²) in [7, 11) is 2.66. The van der Waals surface area contributed by atoms with Crippen LogP contribution in [0.2, 0.25) is 0 Å². The second-order valence-electron chi connectivity index (χ2n) is 7.01. The SMILES string of the molecule is CF.CN1CCC(C2(O)c3ccccc3CCc3cccnc32)CC1. The third-order valence-electron chi connectivity index (χ3n) is 5.65. The van der Waals surface area contributed by atoms with E-state index in [4.69, 9.17) is 0 Å². The highest BCUT2D eigenvalue weighted by Gasteiger charge is 2.45. The van der Waals surface area contributed by atoms with Crippen LogP contribution >= 0.6 is 0 Å². The summed E-state index contributed by atoms with van der Waals surface area (Å²) in [5.74, 6) is 0.228. The molecule has 2 aromatic rings. The van der Waals surface area contributed by atoms with E-state index in [9.17, 15) is 9.50 Å². The van der Waals surface area contributed by atoms with Gasteiger partial charge in [-0.3, -0.25) is 9.37 Å². The molecular formula is C21H27FN2O. The molecule has 1 unspecified atom stereocenters. The number of piperidine rings is 1. The summed E-state index contributed by atoms with van der Waals surface area (Å²) in [4.78, 5) is 7.01. The molecule has 4 heteroatoms. The van der Waals surface area contributed by atoms with Gasteiger partial charge in [0.2, 0.25) is 0 Å². The minimum atomic E-state index is -0.953. The third kappa shape index (κ3) is 3.21. The van der Waals surface area contributed by atoms with Crippen molar-refractivity contribution >= 4 is 0 Å². The Morgan fingerprint density at radius 1 is 1.04 bits per heavy atom. The van der Waals surface area contributed by atoms with E-state index < -0.39 is 5.60 Å². The van der Waals surface area contributed by atoms with Gasteiger partial charge in [-0.1, -0.05) is 30.3 Å². The number of aryl methyl sites for hydroxylation is 2. The van der Waals surface area contributed by atoms with Crippen LogP contribution in [0, 0.1) is 5.92 Å². The van der Waals surface area contributed by atoms with Gasteiger partial charge in [0.1, 0.15) is 5.60 Å². The number of nitrogens with zero attached hydrogens (tertiary/aromatic N) is 2. The molecule has 25 heavy (non-hydrogen) atoms. The number of aromatic nitrogens is 1. The predicted molar refractivity (Wildman–Crippen MR) is 98.3 cm³/mol. The standard InChI is InChI=1S/C20H24N2O.CH3F/c1-22-13-10-17(11-14-22)20(23)18-7-3-2-5-15(18)8-9-16-6-4-12-21-19(16)20;1-2/h2-7,12,17,23H,8-11,13-14H2,1H3;1H3. The monoisotopic (exact) mass is 342 g/mol. The number of benzene rings is 1. The summed E-state index contributed by atoms with van der Waals surface area (Å²) >= 11 is 0. The Labute approximate surface area is 149 Å². The number of halogens is 1. The van der Waals surface area contributed by atoms with Gasteiger partial charge in [-0.15, -0.1) is 0 Å². The van der Waals surface area contributed by atoms with Crippen LogP contribution in [0.3, 0.4) is 0 Å². The van der Waals surface area contributed by atoms with E-state index in [0.29, 0.717) is 7.18 Å². The lowest BCUT2D eigenvalue weighted by atomic mass is 9.72. The molecule has 0 bridgehead atoms. The number of pyridine rings is 1. The molecule has 0 saturated carbocycles. The van der Waals surface area contributed by atoms with Crippen LogP contribution in [-0.4, -0.2) is 42.3 Å². The quantitative estimate of drug-likeness (QED) is 0.863. The molecule has 1 aromatic heterocycles. The number of rotatable bonds is 1. The highest BCUT2D eigenvalue weighted by Crippen LogP contribution is 2.45. The van der Waals surface area contributed by atoms with Crippen molar-refractivity contribution in [2.75, 3.05) is 27.3 Å². The number of hydrogen-bond donors (Lipinski definition) is 1. The van der Waals surface area contributed by atoms with Crippen molar-refractivity contribution in [3.05, 3.63) is 65.0 Å². The van der Waals surface area contributed by atoms with Crippen LogP contribution in [0.25, 0.3) is 0 Å². The molecule has 0 radical (unpaired) electrons. The van der Waals surface area contributed by atoms with E-state index in [1.165, 1.54) is 11.1 Å². The summed E-state index contributed by atoms with van der Waals surface area (Å²) in [5, 5.41) is 12.0. The van der Waals surface area contributed by atoms with Crippen molar-refractivity contribution in [3.63, 3.8) is 0 Å². The third-order valence-corrected chi connectivity index (χ3v) is 5.65. The molecule has 1 aliphatic heterocycles. The maximum Gasteiger partial charge on any atom is 0.135 e. The Morgan fingerprint density at radius 3 is 2.44 bits per heavy atom. The fraction of sp³-hybridized carbons (Fsp3) is 0.476. The Bertz CT molecular complexity index is 663. The summed E-state index contributed by atoms with van der Waals surface area (Å²) in [5.41, 5.74) is 3.48. The maximum atomic E-state index is 12.0. The molecule has 1 aromatic carbocycles. The first kappa shape index (κ1) is 18.0. The molecule has 1 N–H and O–H groups in total. The summed E-state index contributed by atoms with van der Waals surface area (Å²) in [6, 6.07) is 12.5. The molecule has 134 valence electrons. The first-order valence-corrected chi connectivity index (χ1v) is 9.01. The van der Waals surface area contributed by atoms with Crippen molar-refractivity contribution in [1.29, 1.82) is 0 Å². The van der Waals surface area contributed by atoms with E-state index in [1.54, 1.807) is 0 Å². The molecule has 0 amide bonds. The highest BCUT2D eigenvalue weighted by atomic mass is 19.1. The van der Waals surface area contributed by atoms with Crippen molar-refractivity contribution < 1.29 is 9.50 Å². The molecule has 1 atom stereocenters. The number of hydrogen-bond acceptors (Lipinski definition) is 3. The molecule has 3 nitrogen and oxygen atoms in total. The molecule has 0 spiro atoms. The molecule has 1 aliphatic carbocycles. The van der Waals surface area contributed by atoms with Gasteiger partial charge in [-0.05, 0) is 68.6 Å². The normalized spacial score (nSPS) is 23.7. The largest absolute Gasteiger partial charge is 0.378 e. The van der Waals surface area contributed by atoms with Crippen LogP contribution in [-0.2, 0) is 18.4 Å². The Kier molecular flexibility index (Phi) is 5.50. The van der Waals surface area contributed by atoms with Crippen LogP contribution in [0.15, 0.2) is 42.6 Å². The average molecular weight is 342 g/mol. The number of likely N-dealkylation sites (tertiary alicyclic amines) is 1. The second kappa shape index (κ2) is 7.63. The van der Waals surface area contributed by atoms with Gasteiger partial charge in [0, 0.05) is 12.1 Å². The van der Waals surface area contributed by atoms with E-state index in [2.05, 4.69) is 41.2 Å². The Hall–Kier alpha value is -1.78. The van der Waals surface area contributed by atoms with E-state index in [-0.39, 0.29) is 5.92 Å². The number of alkyl halides is 1. The second-order valence-corrected chi connectivity index (χ2v) is 7.01. The smallest absolute Gasteiger partial charge is 0.135 e. The van der Waals surface area contributed by atoms with Crippen molar-refractivity contribution in [2.45, 2.75) is 31.3 Å².